The Balaban J connectivity index is 1.69. The van der Waals surface area contributed by atoms with Crippen molar-refractivity contribution < 1.29 is 14.4 Å². The summed E-state index contributed by atoms with van der Waals surface area (Å²) in [5, 5.41) is 3.59. The lowest BCUT2D eigenvalue weighted by Gasteiger charge is -2.34. The molecule has 4 amide bonds. The van der Waals surface area contributed by atoms with E-state index in [4.69, 9.17) is 0 Å². The van der Waals surface area contributed by atoms with Gasteiger partial charge in [-0.2, -0.15) is 5.01 Å². The fraction of sp³-hybridized carbons (Fsp3) is 0.550. The Morgan fingerprint density at radius 1 is 1.19 bits per heavy atom. The molecule has 0 aromatic heterocycles. The predicted molar refractivity (Wildman–Crippen MR) is 101 cm³/mol. The van der Waals surface area contributed by atoms with Gasteiger partial charge >= 0.3 is 6.03 Å². The van der Waals surface area contributed by atoms with E-state index >= 15 is 0 Å². The number of benzene rings is 1. The third kappa shape index (κ3) is 3.83. The summed E-state index contributed by atoms with van der Waals surface area (Å²) in [6.45, 7) is 8.06. The van der Waals surface area contributed by atoms with Crippen LogP contribution in [0.4, 0.5) is 4.79 Å². The Hall–Kier alpha value is -2.41. The van der Waals surface area contributed by atoms with E-state index in [2.05, 4.69) is 29.5 Å². The molecule has 7 nitrogen and oxygen atoms in total. The molecule has 2 aliphatic rings. The van der Waals surface area contributed by atoms with E-state index in [0.29, 0.717) is 23.8 Å². The number of nitrogens with zero attached hydrogens (tertiary/aromatic N) is 2. The third-order valence-corrected chi connectivity index (χ3v) is 5.44. The monoisotopic (exact) mass is 372 g/mol. The maximum Gasteiger partial charge on any atom is 0.344 e. The van der Waals surface area contributed by atoms with Crippen molar-refractivity contribution in [2.24, 2.45) is 11.8 Å². The SMILES string of the molecule is CC[C@@]1(c2ccccc2)NC(=O)N(NC(=O)CN2C[C@@H](C)C[C@H](C)C2)C1=O. The Morgan fingerprint density at radius 3 is 2.41 bits per heavy atom. The largest absolute Gasteiger partial charge is 0.344 e. The first-order chi connectivity index (χ1) is 12.9. The van der Waals surface area contributed by atoms with Gasteiger partial charge in [-0.25, -0.2) is 4.79 Å². The van der Waals surface area contributed by atoms with Gasteiger partial charge in [-0.15, -0.1) is 0 Å². The Bertz CT molecular complexity index is 713. The lowest BCUT2D eigenvalue weighted by atomic mass is 9.87. The molecular formula is C20H28N4O3. The highest BCUT2D eigenvalue weighted by molar-refractivity contribution is 6.08. The van der Waals surface area contributed by atoms with Crippen LogP contribution in [0.1, 0.15) is 39.2 Å². The number of piperidine rings is 1. The number of hydrogen-bond donors (Lipinski definition) is 2. The second kappa shape index (κ2) is 7.68. The summed E-state index contributed by atoms with van der Waals surface area (Å²) in [7, 11) is 0. The minimum Gasteiger partial charge on any atom is -0.318 e. The van der Waals surface area contributed by atoms with Crippen molar-refractivity contribution in [1.29, 1.82) is 0 Å². The van der Waals surface area contributed by atoms with Gasteiger partial charge in [-0.05, 0) is 30.2 Å². The molecule has 0 unspecified atom stereocenters. The van der Waals surface area contributed by atoms with E-state index in [1.807, 2.05) is 37.3 Å². The molecule has 1 aromatic rings. The topological polar surface area (TPSA) is 81.8 Å². The smallest absolute Gasteiger partial charge is 0.318 e. The molecule has 146 valence electrons. The van der Waals surface area contributed by atoms with Gasteiger partial charge in [-0.1, -0.05) is 51.1 Å². The van der Waals surface area contributed by atoms with Gasteiger partial charge in [0.15, 0.2) is 0 Å². The summed E-state index contributed by atoms with van der Waals surface area (Å²) >= 11 is 0. The number of urea groups is 1. The van der Waals surface area contributed by atoms with E-state index in [9.17, 15) is 14.4 Å². The summed E-state index contributed by atoms with van der Waals surface area (Å²) in [5.41, 5.74) is 2.08. The van der Waals surface area contributed by atoms with E-state index in [1.165, 1.54) is 0 Å². The number of amides is 4. The molecule has 27 heavy (non-hydrogen) atoms. The fourth-order valence-corrected chi connectivity index (χ4v) is 4.32. The first kappa shape index (κ1) is 19.4. The van der Waals surface area contributed by atoms with Crippen LogP contribution in [0, 0.1) is 11.8 Å². The van der Waals surface area contributed by atoms with Crippen molar-refractivity contribution in [3.05, 3.63) is 35.9 Å². The van der Waals surface area contributed by atoms with Crippen molar-refractivity contribution in [3.8, 4) is 0 Å². The first-order valence-corrected chi connectivity index (χ1v) is 9.59. The number of hydrogen-bond acceptors (Lipinski definition) is 4. The second-order valence-electron chi connectivity index (χ2n) is 7.87. The molecule has 0 bridgehead atoms. The third-order valence-electron chi connectivity index (χ3n) is 5.44. The van der Waals surface area contributed by atoms with Gasteiger partial charge in [0.25, 0.3) is 11.8 Å². The van der Waals surface area contributed by atoms with Crippen molar-refractivity contribution >= 4 is 17.8 Å². The van der Waals surface area contributed by atoms with Gasteiger partial charge in [0, 0.05) is 13.1 Å². The Morgan fingerprint density at radius 2 is 1.81 bits per heavy atom. The molecule has 0 radical (unpaired) electrons. The Labute approximate surface area is 160 Å². The molecule has 2 aliphatic heterocycles. The summed E-state index contributed by atoms with van der Waals surface area (Å²) in [6, 6.07) is 8.53. The lowest BCUT2D eigenvalue weighted by molar-refractivity contribution is -0.140. The minimum absolute atomic E-state index is 0.177. The number of nitrogens with one attached hydrogen (secondary N) is 2. The highest BCUT2D eigenvalue weighted by atomic mass is 16.2. The molecule has 0 spiro atoms. The molecule has 3 atom stereocenters. The zero-order valence-electron chi connectivity index (χ0n) is 16.2. The average Bonchev–Trinajstić information content (AvgIpc) is 2.86. The number of hydrazine groups is 1. The molecule has 7 heteroatoms. The zero-order chi connectivity index (χ0) is 19.6. The average molecular weight is 372 g/mol. The van der Waals surface area contributed by atoms with E-state index in [-0.39, 0.29) is 12.5 Å². The molecule has 2 fully saturated rings. The van der Waals surface area contributed by atoms with Crippen molar-refractivity contribution in [1.82, 2.24) is 20.7 Å². The van der Waals surface area contributed by atoms with Crippen LogP contribution in [0.25, 0.3) is 0 Å². The van der Waals surface area contributed by atoms with Crippen LogP contribution in [-0.2, 0) is 15.1 Å². The number of carbonyl (C=O) groups excluding carboxylic acids is 3. The minimum atomic E-state index is -1.14. The van der Waals surface area contributed by atoms with Crippen LogP contribution in [0.3, 0.4) is 0 Å². The highest BCUT2D eigenvalue weighted by Crippen LogP contribution is 2.31. The van der Waals surface area contributed by atoms with Gasteiger partial charge in [0.1, 0.15) is 5.54 Å². The second-order valence-corrected chi connectivity index (χ2v) is 7.87. The van der Waals surface area contributed by atoms with Crippen LogP contribution in [0.15, 0.2) is 30.3 Å². The molecule has 0 aliphatic carbocycles. The van der Waals surface area contributed by atoms with Crippen LogP contribution >= 0.6 is 0 Å². The lowest BCUT2D eigenvalue weighted by Crippen LogP contribution is -2.52. The van der Waals surface area contributed by atoms with Crippen LogP contribution in [0.5, 0.6) is 0 Å². The molecular weight excluding hydrogens is 344 g/mol. The summed E-state index contributed by atoms with van der Waals surface area (Å²) in [6.07, 6.45) is 1.55. The van der Waals surface area contributed by atoms with E-state index in [0.717, 1.165) is 24.5 Å². The highest BCUT2D eigenvalue weighted by Gasteiger charge is 2.52. The first-order valence-electron chi connectivity index (χ1n) is 9.59. The van der Waals surface area contributed by atoms with Gasteiger partial charge in [-0.3, -0.25) is 19.9 Å². The van der Waals surface area contributed by atoms with Gasteiger partial charge in [0.05, 0.1) is 6.54 Å². The number of imide groups is 1. The molecule has 0 saturated carbocycles. The fourth-order valence-electron chi connectivity index (χ4n) is 4.32. The van der Waals surface area contributed by atoms with Gasteiger partial charge < -0.3 is 5.32 Å². The standard InChI is InChI=1S/C20H28N4O3/c1-4-20(16-8-6-5-7-9-16)18(26)24(19(27)21-20)22-17(25)13-23-11-14(2)10-15(3)12-23/h5-9,14-15H,4,10-13H2,1-3H3,(H,21,27)(H,22,25)/t14-,15-,20-/m0/s1. The summed E-state index contributed by atoms with van der Waals surface area (Å²) < 4.78 is 0. The molecule has 1 aromatic carbocycles. The van der Waals surface area contributed by atoms with E-state index in [1.54, 1.807) is 0 Å². The van der Waals surface area contributed by atoms with Crippen molar-refractivity contribution in [3.63, 3.8) is 0 Å². The van der Waals surface area contributed by atoms with Crippen LogP contribution < -0.4 is 10.7 Å². The van der Waals surface area contributed by atoms with Crippen molar-refractivity contribution in [2.45, 2.75) is 39.2 Å². The molecule has 3 rings (SSSR count). The van der Waals surface area contributed by atoms with Crippen LogP contribution in [0.2, 0.25) is 0 Å². The molecule has 2 saturated heterocycles. The summed E-state index contributed by atoms with van der Waals surface area (Å²) in [4.78, 5) is 40.0. The zero-order valence-corrected chi connectivity index (χ0v) is 16.2. The predicted octanol–water partition coefficient (Wildman–Crippen LogP) is 1.85. The normalized spacial score (nSPS) is 28.9. The Kier molecular flexibility index (Phi) is 5.51. The van der Waals surface area contributed by atoms with Gasteiger partial charge in [0.2, 0.25) is 0 Å². The molecule has 2 N–H and O–H groups in total. The number of carbonyl (C=O) groups is 3. The van der Waals surface area contributed by atoms with Crippen molar-refractivity contribution in [2.75, 3.05) is 19.6 Å². The maximum atomic E-state index is 13.0. The maximum absolute atomic E-state index is 13.0. The number of likely N-dealkylation sites (tertiary alicyclic amines) is 1. The quantitative estimate of drug-likeness (QED) is 0.773. The van der Waals surface area contributed by atoms with E-state index < -0.39 is 17.5 Å². The number of rotatable bonds is 5. The summed E-state index contributed by atoms with van der Waals surface area (Å²) in [5.74, 6) is 0.267. The molecule has 2 heterocycles. The van der Waals surface area contributed by atoms with Crippen LogP contribution in [-0.4, -0.2) is 47.4 Å².